The summed E-state index contributed by atoms with van der Waals surface area (Å²) in [5.41, 5.74) is 2.53. The first-order valence-electron chi connectivity index (χ1n) is 25.9. The number of methoxy groups -OCH3 is 2. The number of ether oxygens (including phenoxy) is 5. The maximum atomic E-state index is 18.2. The van der Waals surface area contributed by atoms with Gasteiger partial charge in [-0.25, -0.2) is 13.6 Å². The summed E-state index contributed by atoms with van der Waals surface area (Å²) in [5, 5.41) is 1.22. The highest BCUT2D eigenvalue weighted by Crippen LogP contribution is 2.47. The van der Waals surface area contributed by atoms with Gasteiger partial charge in [0.1, 0.15) is 48.9 Å². The Bertz CT molecular complexity index is 2690. The van der Waals surface area contributed by atoms with Gasteiger partial charge in [0.25, 0.3) is 0 Å². The van der Waals surface area contributed by atoms with E-state index in [4.69, 9.17) is 42.7 Å². The molecule has 0 saturated carbocycles. The molecule has 8 rings (SSSR count). The highest BCUT2D eigenvalue weighted by Gasteiger charge is 2.56. The highest BCUT2D eigenvalue weighted by atomic mass is 28.3. The number of aromatic nitrogens is 3. The second-order valence-corrected chi connectivity index (χ2v) is 27.8. The summed E-state index contributed by atoms with van der Waals surface area (Å²) in [5.74, 6) is 3.61. The molecular formula is C53H72F2N6O6Si. The molecule has 368 valence electrons. The fourth-order valence-electron chi connectivity index (χ4n) is 12.7. The fourth-order valence-corrected chi connectivity index (χ4v) is 17.9. The van der Waals surface area contributed by atoms with Crippen LogP contribution in [-0.4, -0.2) is 122 Å². The van der Waals surface area contributed by atoms with Crippen molar-refractivity contribution in [2.75, 3.05) is 65.2 Å². The van der Waals surface area contributed by atoms with Crippen molar-refractivity contribution in [1.82, 2.24) is 24.8 Å². The number of anilines is 1. The Morgan fingerprint density at radius 1 is 0.956 bits per heavy atom. The summed E-state index contributed by atoms with van der Waals surface area (Å²) in [4.78, 5) is 34.8. The molecule has 68 heavy (non-hydrogen) atoms. The number of carbonyl (C=O) groups excluding carboxylic acids is 1. The third-order valence-corrected chi connectivity index (χ3v) is 21.5. The molecule has 4 unspecified atom stereocenters. The summed E-state index contributed by atoms with van der Waals surface area (Å²) in [6.07, 6.45) is 3.78. The number of carbonyl (C=O) groups is 1. The number of benzene rings is 2. The topological polar surface area (TPSA) is 112 Å². The molecule has 4 atom stereocenters. The second-order valence-electron chi connectivity index (χ2n) is 22.2. The van der Waals surface area contributed by atoms with Crippen LogP contribution in [0.5, 0.6) is 11.8 Å². The minimum atomic E-state index is -2.74. The largest absolute Gasteiger partial charge is 0.468 e. The lowest BCUT2D eigenvalue weighted by Crippen LogP contribution is -2.66. The summed E-state index contributed by atoms with van der Waals surface area (Å²) in [6.45, 7) is 25.2. The van der Waals surface area contributed by atoms with Gasteiger partial charge in [0, 0.05) is 57.5 Å². The van der Waals surface area contributed by atoms with Crippen LogP contribution < -0.4 is 14.4 Å². The standard InChI is InChI=1S/C53H72F2N6O6Si/c1-32(2)68(33(3)4,34(5)6)19-17-40-43(54)15-14-37-20-39(66-31-64-13)21-41(44(37)40)46-45(55)47-42(24-56-46)48(58-49(57-47)65-30-53-22-35(7)25-60(53)26-36(8)23-53)59-27-38-16-18-52(28-59,29-63-12)61(38)50(62)67-51(9,10)11/h14-15,20-21,24,32-36,38H,16,18,22-23,25-31H2,1-13H3/i12D3. The van der Waals surface area contributed by atoms with Crippen molar-refractivity contribution in [2.45, 2.75) is 141 Å². The quantitative estimate of drug-likeness (QED) is 0.0725. The molecule has 0 spiro atoms. The zero-order valence-corrected chi connectivity index (χ0v) is 43.0. The number of nitrogens with zero attached hydrogens (tertiary/aromatic N) is 6. The van der Waals surface area contributed by atoms with Crippen molar-refractivity contribution in [3.8, 4) is 34.5 Å². The molecule has 4 aromatic rings. The molecule has 12 nitrogen and oxygen atoms in total. The van der Waals surface area contributed by atoms with Gasteiger partial charge < -0.3 is 28.6 Å². The third-order valence-electron chi connectivity index (χ3n) is 15.2. The van der Waals surface area contributed by atoms with E-state index in [1.165, 1.54) is 19.4 Å². The number of fused-ring (bicyclic) bond motifs is 5. The number of halogens is 2. The van der Waals surface area contributed by atoms with Crippen LogP contribution in [0.2, 0.25) is 16.6 Å². The predicted molar refractivity (Wildman–Crippen MR) is 266 cm³/mol. The predicted octanol–water partition coefficient (Wildman–Crippen LogP) is 10.8. The molecule has 4 aliphatic heterocycles. The average molecular weight is 958 g/mol. The lowest BCUT2D eigenvalue weighted by molar-refractivity contribution is -0.0261. The molecule has 0 N–H and O–H groups in total. The molecule has 4 aliphatic rings. The summed E-state index contributed by atoms with van der Waals surface area (Å²) < 4.78 is 87.9. The van der Waals surface area contributed by atoms with E-state index in [1.807, 2.05) is 4.90 Å². The number of piperazine rings is 1. The van der Waals surface area contributed by atoms with Gasteiger partial charge >= 0.3 is 12.1 Å². The van der Waals surface area contributed by atoms with Crippen molar-refractivity contribution in [3.63, 3.8) is 0 Å². The van der Waals surface area contributed by atoms with Crippen LogP contribution in [0.4, 0.5) is 19.4 Å². The summed E-state index contributed by atoms with van der Waals surface area (Å²) in [6, 6.07) is 5.95. The number of rotatable bonds is 13. The van der Waals surface area contributed by atoms with Crippen molar-refractivity contribution in [1.29, 1.82) is 0 Å². The highest BCUT2D eigenvalue weighted by molar-refractivity contribution is 6.90. The molecule has 2 bridgehead atoms. The number of pyridine rings is 1. The third kappa shape index (κ3) is 9.03. The minimum Gasteiger partial charge on any atom is -0.468 e. The molecule has 2 aromatic carbocycles. The first-order chi connectivity index (χ1) is 33.3. The van der Waals surface area contributed by atoms with E-state index in [0.717, 1.165) is 25.9 Å². The van der Waals surface area contributed by atoms with E-state index in [0.29, 0.717) is 47.0 Å². The van der Waals surface area contributed by atoms with Gasteiger partial charge in [0.2, 0.25) is 0 Å². The Balaban J connectivity index is 1.32. The number of hydrogen-bond acceptors (Lipinski definition) is 11. The Morgan fingerprint density at radius 2 is 1.66 bits per heavy atom. The molecular weight excluding hydrogens is 883 g/mol. The molecule has 2 aromatic heterocycles. The summed E-state index contributed by atoms with van der Waals surface area (Å²) >= 11 is 0. The molecule has 4 saturated heterocycles. The van der Waals surface area contributed by atoms with E-state index < -0.39 is 50.0 Å². The summed E-state index contributed by atoms with van der Waals surface area (Å²) in [7, 11) is -3.60. The van der Waals surface area contributed by atoms with Gasteiger partial charge in [0.05, 0.1) is 38.8 Å². The minimum absolute atomic E-state index is 0.0383. The molecule has 1 amide bonds. The molecule has 15 heteroatoms. The Kier molecular flexibility index (Phi) is 12.8. The van der Waals surface area contributed by atoms with Gasteiger partial charge in [-0.3, -0.25) is 14.8 Å². The monoisotopic (exact) mass is 958 g/mol. The molecule has 6 heterocycles. The van der Waals surface area contributed by atoms with E-state index in [-0.39, 0.29) is 89.0 Å². The lowest BCUT2D eigenvalue weighted by Gasteiger charge is -2.49. The van der Waals surface area contributed by atoms with E-state index in [2.05, 4.69) is 71.8 Å². The zero-order valence-electron chi connectivity index (χ0n) is 45.0. The van der Waals surface area contributed by atoms with E-state index in [1.54, 1.807) is 43.9 Å². The smallest absolute Gasteiger partial charge is 0.411 e. The molecule has 0 aliphatic carbocycles. The first-order valence-corrected chi connectivity index (χ1v) is 26.6. The van der Waals surface area contributed by atoms with Crippen LogP contribution in [0.1, 0.15) is 112 Å². The van der Waals surface area contributed by atoms with Crippen LogP contribution in [0.3, 0.4) is 0 Å². The Morgan fingerprint density at radius 3 is 2.31 bits per heavy atom. The number of hydrogen-bond donors (Lipinski definition) is 0. The fraction of sp³-hybridized carbons (Fsp3) is 0.623. The van der Waals surface area contributed by atoms with Crippen LogP contribution in [0.15, 0.2) is 30.5 Å². The Hall–Kier alpha value is -4.62. The van der Waals surface area contributed by atoms with Gasteiger partial charge in [-0.15, -0.1) is 5.54 Å². The van der Waals surface area contributed by atoms with Crippen LogP contribution in [0, 0.1) is 34.9 Å². The Labute approximate surface area is 407 Å². The van der Waals surface area contributed by atoms with E-state index in [9.17, 15) is 4.79 Å². The van der Waals surface area contributed by atoms with Gasteiger partial charge in [-0.2, -0.15) is 9.97 Å². The van der Waals surface area contributed by atoms with Crippen molar-refractivity contribution in [3.05, 3.63) is 47.7 Å². The van der Waals surface area contributed by atoms with Crippen LogP contribution >= 0.6 is 0 Å². The maximum Gasteiger partial charge on any atom is 0.411 e. The van der Waals surface area contributed by atoms with Gasteiger partial charge in [0.15, 0.2) is 12.6 Å². The van der Waals surface area contributed by atoms with Crippen LogP contribution in [0.25, 0.3) is 32.9 Å². The zero-order chi connectivity index (χ0) is 51.6. The number of amides is 1. The maximum absolute atomic E-state index is 18.2. The first kappa shape index (κ1) is 45.8. The second kappa shape index (κ2) is 18.9. The van der Waals surface area contributed by atoms with Crippen molar-refractivity contribution >= 4 is 41.7 Å². The normalized spacial score (nSPS) is 25.0. The van der Waals surface area contributed by atoms with Crippen LogP contribution in [-0.2, 0) is 14.2 Å². The lowest BCUT2D eigenvalue weighted by atomic mass is 9.89. The van der Waals surface area contributed by atoms with Crippen molar-refractivity contribution in [2.24, 2.45) is 11.8 Å². The molecule has 4 fully saturated rings. The SMILES string of the molecule is [2H]C([2H])([2H])OCC12CCC(CN(c3nc(OCC45CC(C)CN4CC(C)C5)nc4c(F)c(-c5cc(OCOC)cc6ccc(F)c(C#C[Si](C(C)C)(C(C)C)C(C)C)c56)ncc34)C1)N2C(=O)OC(C)(C)C. The average Bonchev–Trinajstić information content (AvgIpc) is 3.84. The van der Waals surface area contributed by atoms with E-state index >= 15 is 8.78 Å². The van der Waals surface area contributed by atoms with Gasteiger partial charge in [-0.1, -0.05) is 67.4 Å². The van der Waals surface area contributed by atoms with Gasteiger partial charge in [-0.05, 0) is 98.5 Å². The molecule has 0 radical (unpaired) electrons. The van der Waals surface area contributed by atoms with Crippen molar-refractivity contribution < 1.29 is 41.4 Å².